The lowest BCUT2D eigenvalue weighted by atomic mass is 10.1. The van der Waals surface area contributed by atoms with Gasteiger partial charge in [0.1, 0.15) is 5.75 Å². The molecule has 4 heteroatoms. The molecule has 0 bridgehead atoms. The molecule has 3 aromatic rings. The number of ether oxygens (including phenoxy) is 1. The SMILES string of the molecule is COc1cccc(CNC(=O)c2ccc3cc[nH]c3c2)c1. The fourth-order valence-electron chi connectivity index (χ4n) is 2.26. The van der Waals surface area contributed by atoms with E-state index in [2.05, 4.69) is 10.3 Å². The molecule has 0 fully saturated rings. The van der Waals surface area contributed by atoms with Crippen LogP contribution in [0.2, 0.25) is 0 Å². The molecule has 0 atom stereocenters. The molecule has 2 aromatic carbocycles. The molecule has 0 spiro atoms. The molecular formula is C17H16N2O2. The number of H-pyrrole nitrogens is 1. The molecule has 1 aromatic heterocycles. The van der Waals surface area contributed by atoms with Gasteiger partial charge in [0, 0.05) is 23.8 Å². The molecular weight excluding hydrogens is 264 g/mol. The van der Waals surface area contributed by atoms with Crippen molar-refractivity contribution in [2.45, 2.75) is 6.54 Å². The Morgan fingerprint density at radius 1 is 1.19 bits per heavy atom. The molecule has 3 rings (SSSR count). The molecule has 0 saturated heterocycles. The third-order valence-corrected chi connectivity index (χ3v) is 3.40. The quantitative estimate of drug-likeness (QED) is 0.771. The Morgan fingerprint density at radius 3 is 2.95 bits per heavy atom. The maximum Gasteiger partial charge on any atom is 0.251 e. The first kappa shape index (κ1) is 13.2. The molecule has 0 radical (unpaired) electrons. The number of aromatic nitrogens is 1. The predicted octanol–water partition coefficient (Wildman–Crippen LogP) is 3.11. The van der Waals surface area contributed by atoms with Crippen molar-refractivity contribution in [1.82, 2.24) is 10.3 Å². The zero-order chi connectivity index (χ0) is 14.7. The summed E-state index contributed by atoms with van der Waals surface area (Å²) >= 11 is 0. The summed E-state index contributed by atoms with van der Waals surface area (Å²) in [6.45, 7) is 0.471. The highest BCUT2D eigenvalue weighted by Gasteiger charge is 2.07. The van der Waals surface area contributed by atoms with Gasteiger partial charge < -0.3 is 15.0 Å². The van der Waals surface area contributed by atoms with Gasteiger partial charge in [-0.15, -0.1) is 0 Å². The maximum atomic E-state index is 12.2. The van der Waals surface area contributed by atoms with Crippen LogP contribution in [0.3, 0.4) is 0 Å². The van der Waals surface area contributed by atoms with E-state index in [1.807, 2.05) is 54.7 Å². The molecule has 0 saturated carbocycles. The number of hydrogen-bond acceptors (Lipinski definition) is 2. The minimum atomic E-state index is -0.0886. The standard InChI is InChI=1S/C17H16N2O2/c1-21-15-4-2-3-12(9-15)11-19-17(20)14-6-5-13-7-8-18-16(13)10-14/h2-10,18H,11H2,1H3,(H,19,20). The summed E-state index contributed by atoms with van der Waals surface area (Å²) in [7, 11) is 1.63. The Balaban J connectivity index is 1.70. The predicted molar refractivity (Wildman–Crippen MR) is 82.5 cm³/mol. The average Bonchev–Trinajstić information content (AvgIpc) is 3.00. The first-order valence-corrected chi connectivity index (χ1v) is 6.74. The van der Waals surface area contributed by atoms with Crippen molar-refractivity contribution < 1.29 is 9.53 Å². The van der Waals surface area contributed by atoms with Crippen LogP contribution in [0.1, 0.15) is 15.9 Å². The number of carbonyl (C=O) groups is 1. The summed E-state index contributed by atoms with van der Waals surface area (Å²) in [5.74, 6) is 0.698. The second-order valence-electron chi connectivity index (χ2n) is 4.81. The molecule has 1 heterocycles. The lowest BCUT2D eigenvalue weighted by Gasteiger charge is -2.07. The fourth-order valence-corrected chi connectivity index (χ4v) is 2.26. The zero-order valence-electron chi connectivity index (χ0n) is 11.7. The Labute approximate surface area is 122 Å². The lowest BCUT2D eigenvalue weighted by molar-refractivity contribution is 0.0951. The van der Waals surface area contributed by atoms with Crippen LogP contribution < -0.4 is 10.1 Å². The summed E-state index contributed by atoms with van der Waals surface area (Å²) in [6, 6.07) is 15.3. The molecule has 106 valence electrons. The monoisotopic (exact) mass is 280 g/mol. The number of carbonyl (C=O) groups excluding carboxylic acids is 1. The van der Waals surface area contributed by atoms with Crippen molar-refractivity contribution in [2.75, 3.05) is 7.11 Å². The number of aromatic amines is 1. The number of rotatable bonds is 4. The lowest BCUT2D eigenvalue weighted by Crippen LogP contribution is -2.22. The van der Waals surface area contributed by atoms with Crippen LogP contribution in [0, 0.1) is 0 Å². The molecule has 2 N–H and O–H groups in total. The van der Waals surface area contributed by atoms with Crippen molar-refractivity contribution in [3.63, 3.8) is 0 Å². The van der Waals surface area contributed by atoms with Gasteiger partial charge in [-0.05, 0) is 41.3 Å². The molecule has 0 aliphatic heterocycles. The second-order valence-corrected chi connectivity index (χ2v) is 4.81. The summed E-state index contributed by atoms with van der Waals surface area (Å²) in [5, 5.41) is 4.01. The summed E-state index contributed by atoms with van der Waals surface area (Å²) in [4.78, 5) is 15.3. The number of amides is 1. The first-order chi connectivity index (χ1) is 10.3. The zero-order valence-corrected chi connectivity index (χ0v) is 11.7. The average molecular weight is 280 g/mol. The van der Waals surface area contributed by atoms with Gasteiger partial charge in [-0.3, -0.25) is 4.79 Å². The van der Waals surface area contributed by atoms with Crippen LogP contribution in [-0.2, 0) is 6.54 Å². The van der Waals surface area contributed by atoms with Gasteiger partial charge in [0.25, 0.3) is 5.91 Å². The molecule has 0 aliphatic rings. The number of hydrogen-bond donors (Lipinski definition) is 2. The number of nitrogens with one attached hydrogen (secondary N) is 2. The van der Waals surface area contributed by atoms with E-state index in [1.165, 1.54) is 0 Å². The Bertz CT molecular complexity index is 777. The Hall–Kier alpha value is -2.75. The van der Waals surface area contributed by atoms with Gasteiger partial charge in [-0.1, -0.05) is 18.2 Å². The Morgan fingerprint density at radius 2 is 2.10 bits per heavy atom. The highest BCUT2D eigenvalue weighted by Crippen LogP contribution is 2.15. The van der Waals surface area contributed by atoms with E-state index in [1.54, 1.807) is 7.11 Å². The molecule has 0 unspecified atom stereocenters. The van der Waals surface area contributed by atoms with Gasteiger partial charge >= 0.3 is 0 Å². The van der Waals surface area contributed by atoms with Crippen molar-refractivity contribution in [3.8, 4) is 5.75 Å². The smallest absolute Gasteiger partial charge is 0.251 e. The number of methoxy groups -OCH3 is 1. The highest BCUT2D eigenvalue weighted by molar-refractivity contribution is 5.97. The van der Waals surface area contributed by atoms with Gasteiger partial charge in [0.15, 0.2) is 0 Å². The number of benzene rings is 2. The van der Waals surface area contributed by atoms with E-state index < -0.39 is 0 Å². The minimum Gasteiger partial charge on any atom is -0.497 e. The van der Waals surface area contributed by atoms with Crippen LogP contribution >= 0.6 is 0 Å². The van der Waals surface area contributed by atoms with Crippen LogP contribution in [0.5, 0.6) is 5.75 Å². The molecule has 1 amide bonds. The summed E-state index contributed by atoms with van der Waals surface area (Å²) in [6.07, 6.45) is 1.86. The van der Waals surface area contributed by atoms with Crippen LogP contribution in [-0.4, -0.2) is 18.0 Å². The van der Waals surface area contributed by atoms with Crippen LogP contribution in [0.25, 0.3) is 10.9 Å². The number of fused-ring (bicyclic) bond motifs is 1. The maximum absolute atomic E-state index is 12.2. The largest absolute Gasteiger partial charge is 0.497 e. The minimum absolute atomic E-state index is 0.0886. The first-order valence-electron chi connectivity index (χ1n) is 6.74. The normalized spacial score (nSPS) is 10.5. The van der Waals surface area contributed by atoms with E-state index in [4.69, 9.17) is 4.74 Å². The summed E-state index contributed by atoms with van der Waals surface area (Å²) < 4.78 is 5.17. The summed E-state index contributed by atoms with van der Waals surface area (Å²) in [5.41, 5.74) is 2.61. The van der Waals surface area contributed by atoms with E-state index >= 15 is 0 Å². The van der Waals surface area contributed by atoms with Crippen molar-refractivity contribution in [2.24, 2.45) is 0 Å². The van der Waals surface area contributed by atoms with Gasteiger partial charge in [-0.25, -0.2) is 0 Å². The van der Waals surface area contributed by atoms with E-state index in [-0.39, 0.29) is 5.91 Å². The van der Waals surface area contributed by atoms with Crippen LogP contribution in [0.4, 0.5) is 0 Å². The topological polar surface area (TPSA) is 54.1 Å². The van der Waals surface area contributed by atoms with Crippen molar-refractivity contribution in [1.29, 1.82) is 0 Å². The molecule has 4 nitrogen and oxygen atoms in total. The highest BCUT2D eigenvalue weighted by atomic mass is 16.5. The van der Waals surface area contributed by atoms with Gasteiger partial charge in [0.2, 0.25) is 0 Å². The molecule has 21 heavy (non-hydrogen) atoms. The third kappa shape index (κ3) is 2.89. The molecule has 0 aliphatic carbocycles. The Kier molecular flexibility index (Phi) is 3.60. The van der Waals surface area contributed by atoms with Gasteiger partial charge in [0.05, 0.1) is 7.11 Å². The van der Waals surface area contributed by atoms with Crippen molar-refractivity contribution in [3.05, 3.63) is 65.9 Å². The third-order valence-electron chi connectivity index (χ3n) is 3.40. The fraction of sp³-hybridized carbons (Fsp3) is 0.118. The van der Waals surface area contributed by atoms with Crippen LogP contribution in [0.15, 0.2) is 54.7 Å². The van der Waals surface area contributed by atoms with E-state index in [0.29, 0.717) is 12.1 Å². The van der Waals surface area contributed by atoms with Crippen molar-refractivity contribution >= 4 is 16.8 Å². The van der Waals surface area contributed by atoms with Gasteiger partial charge in [-0.2, -0.15) is 0 Å². The van der Waals surface area contributed by atoms with E-state index in [0.717, 1.165) is 22.2 Å². The second kappa shape index (κ2) is 5.71. The van der Waals surface area contributed by atoms with E-state index in [9.17, 15) is 4.79 Å².